The predicted molar refractivity (Wildman–Crippen MR) is 109 cm³/mol. The molecule has 1 aromatic heterocycles. The van der Waals surface area contributed by atoms with Crippen molar-refractivity contribution >= 4 is 39.3 Å². The zero-order valence-corrected chi connectivity index (χ0v) is 17.8. The molecule has 0 aliphatic heterocycles. The van der Waals surface area contributed by atoms with Gasteiger partial charge in [-0.1, -0.05) is 29.3 Å². The number of amides is 1. The Morgan fingerprint density at radius 3 is 2.55 bits per heavy atom. The van der Waals surface area contributed by atoms with E-state index in [1.54, 1.807) is 25.1 Å². The van der Waals surface area contributed by atoms with Gasteiger partial charge in [-0.3, -0.25) is 9.59 Å². The fraction of sp³-hybridized carbons (Fsp3) is 0.316. The molecule has 0 saturated carbocycles. The number of halogens is 1. The van der Waals surface area contributed by atoms with Crippen LogP contribution < -0.4 is 10.0 Å². The molecular formula is C19H22ClN3O5S. The van der Waals surface area contributed by atoms with Gasteiger partial charge in [-0.05, 0) is 44.5 Å². The Bertz CT molecular complexity index is 993. The molecule has 29 heavy (non-hydrogen) atoms. The highest BCUT2D eigenvalue weighted by molar-refractivity contribution is 7.89. The molecule has 1 aromatic carbocycles. The number of ether oxygens (including phenoxy) is 1. The summed E-state index contributed by atoms with van der Waals surface area (Å²) < 4.78 is 32.1. The molecule has 1 amide bonds. The number of nitrogens with one attached hydrogen (secondary N) is 2. The van der Waals surface area contributed by atoms with Gasteiger partial charge < -0.3 is 10.1 Å². The SMILES string of the molecule is Cc1ccc(S(=O)(=O)NCCC(=O)O[C@@H](C)C(=O)Nc2ccc(Cl)cn2)c(C)c1. The van der Waals surface area contributed by atoms with E-state index < -0.39 is 28.0 Å². The minimum atomic E-state index is -3.75. The van der Waals surface area contributed by atoms with Crippen LogP contribution in [0.5, 0.6) is 0 Å². The van der Waals surface area contributed by atoms with E-state index in [2.05, 4.69) is 15.0 Å². The first-order valence-corrected chi connectivity index (χ1v) is 10.6. The summed E-state index contributed by atoms with van der Waals surface area (Å²) in [4.78, 5) is 28.0. The molecule has 156 valence electrons. The van der Waals surface area contributed by atoms with Crippen molar-refractivity contribution in [3.63, 3.8) is 0 Å². The summed E-state index contributed by atoms with van der Waals surface area (Å²) in [6.45, 7) is 4.82. The third-order valence-corrected chi connectivity index (χ3v) is 5.74. The fourth-order valence-corrected chi connectivity index (χ4v) is 3.82. The van der Waals surface area contributed by atoms with E-state index in [-0.39, 0.29) is 23.7 Å². The van der Waals surface area contributed by atoms with Gasteiger partial charge in [0, 0.05) is 12.7 Å². The molecule has 0 aliphatic rings. The summed E-state index contributed by atoms with van der Waals surface area (Å²) in [5.74, 6) is -1.01. The van der Waals surface area contributed by atoms with Crippen LogP contribution in [-0.2, 0) is 24.3 Å². The first-order valence-electron chi connectivity index (χ1n) is 8.77. The van der Waals surface area contributed by atoms with Gasteiger partial charge in [0.2, 0.25) is 10.0 Å². The molecule has 2 aromatic rings. The number of benzene rings is 1. The third kappa shape index (κ3) is 6.81. The van der Waals surface area contributed by atoms with E-state index in [0.29, 0.717) is 10.6 Å². The smallest absolute Gasteiger partial charge is 0.307 e. The number of carbonyl (C=O) groups excluding carboxylic acids is 2. The van der Waals surface area contributed by atoms with E-state index in [1.165, 1.54) is 25.3 Å². The summed E-state index contributed by atoms with van der Waals surface area (Å²) >= 11 is 5.72. The molecule has 8 nitrogen and oxygen atoms in total. The minimum absolute atomic E-state index is 0.151. The topological polar surface area (TPSA) is 114 Å². The second kappa shape index (κ2) is 9.82. The lowest BCUT2D eigenvalue weighted by Gasteiger charge is -2.14. The molecule has 2 N–H and O–H groups in total. The number of anilines is 1. The van der Waals surface area contributed by atoms with Crippen LogP contribution in [0.4, 0.5) is 5.82 Å². The number of aryl methyl sites for hydroxylation is 2. The maximum atomic E-state index is 12.4. The minimum Gasteiger partial charge on any atom is -0.452 e. The van der Waals surface area contributed by atoms with E-state index >= 15 is 0 Å². The highest BCUT2D eigenvalue weighted by Gasteiger charge is 2.20. The molecule has 0 aliphatic carbocycles. The maximum absolute atomic E-state index is 12.4. The van der Waals surface area contributed by atoms with Crippen LogP contribution >= 0.6 is 11.6 Å². The molecule has 0 bridgehead atoms. The number of nitrogens with zero attached hydrogens (tertiary/aromatic N) is 1. The highest BCUT2D eigenvalue weighted by atomic mass is 35.5. The molecule has 0 unspecified atom stereocenters. The van der Waals surface area contributed by atoms with Crippen LogP contribution in [-0.4, -0.2) is 37.9 Å². The number of pyridine rings is 1. The molecule has 2 rings (SSSR count). The van der Waals surface area contributed by atoms with Crippen LogP contribution in [0.15, 0.2) is 41.4 Å². The van der Waals surface area contributed by atoms with Crippen molar-refractivity contribution < 1.29 is 22.7 Å². The van der Waals surface area contributed by atoms with E-state index in [0.717, 1.165) is 5.56 Å². The largest absolute Gasteiger partial charge is 0.452 e. The van der Waals surface area contributed by atoms with Crippen molar-refractivity contribution in [1.29, 1.82) is 0 Å². The van der Waals surface area contributed by atoms with Crippen LogP contribution in [0.1, 0.15) is 24.5 Å². The van der Waals surface area contributed by atoms with Crippen LogP contribution in [0, 0.1) is 13.8 Å². The summed E-state index contributed by atoms with van der Waals surface area (Å²) in [6.07, 6.45) is 0.0763. The van der Waals surface area contributed by atoms with Gasteiger partial charge in [-0.25, -0.2) is 18.1 Å². The van der Waals surface area contributed by atoms with Gasteiger partial charge in [-0.2, -0.15) is 0 Å². The van der Waals surface area contributed by atoms with Crippen molar-refractivity contribution in [1.82, 2.24) is 9.71 Å². The highest BCUT2D eigenvalue weighted by Crippen LogP contribution is 2.16. The number of rotatable bonds is 8. The van der Waals surface area contributed by atoms with E-state index in [1.807, 2.05) is 6.92 Å². The average Bonchev–Trinajstić information content (AvgIpc) is 2.63. The van der Waals surface area contributed by atoms with Gasteiger partial charge in [0.1, 0.15) is 5.82 Å². The van der Waals surface area contributed by atoms with Gasteiger partial charge in [-0.15, -0.1) is 0 Å². The van der Waals surface area contributed by atoms with Crippen molar-refractivity contribution in [3.8, 4) is 0 Å². The second-order valence-corrected chi connectivity index (χ2v) is 8.57. The number of esters is 1. The fourth-order valence-electron chi connectivity index (χ4n) is 2.45. The Hall–Kier alpha value is -2.49. The van der Waals surface area contributed by atoms with Crippen LogP contribution in [0.2, 0.25) is 5.02 Å². The molecular weight excluding hydrogens is 418 g/mol. The lowest BCUT2D eigenvalue weighted by atomic mass is 10.2. The lowest BCUT2D eigenvalue weighted by Crippen LogP contribution is -2.32. The molecule has 10 heteroatoms. The number of sulfonamides is 1. The summed E-state index contributed by atoms with van der Waals surface area (Å²) in [5, 5.41) is 2.91. The standard InChI is InChI=1S/C19H22ClN3O5S/c1-12-4-6-16(13(2)10-12)29(26,27)22-9-8-18(24)28-14(3)19(25)23-17-7-5-15(20)11-21-17/h4-7,10-11,14,22H,8-9H2,1-3H3,(H,21,23,25)/t14-/m0/s1. The van der Waals surface area contributed by atoms with Gasteiger partial charge in [0.25, 0.3) is 5.91 Å². The van der Waals surface area contributed by atoms with Crippen molar-refractivity contribution in [2.24, 2.45) is 0 Å². The van der Waals surface area contributed by atoms with E-state index in [4.69, 9.17) is 16.3 Å². The summed E-state index contributed by atoms with van der Waals surface area (Å²) in [6, 6.07) is 8.05. The zero-order valence-electron chi connectivity index (χ0n) is 16.2. The first-order chi connectivity index (χ1) is 13.6. The number of hydrogen-bond donors (Lipinski definition) is 2. The Labute approximate surface area is 174 Å². The van der Waals surface area contributed by atoms with Crippen molar-refractivity contribution in [2.75, 3.05) is 11.9 Å². The zero-order chi connectivity index (χ0) is 21.6. The van der Waals surface area contributed by atoms with Gasteiger partial charge >= 0.3 is 5.97 Å². The first kappa shape index (κ1) is 22.8. The monoisotopic (exact) mass is 439 g/mol. The second-order valence-electron chi connectivity index (χ2n) is 6.40. The number of carbonyl (C=O) groups is 2. The molecule has 1 atom stereocenters. The van der Waals surface area contributed by atoms with Gasteiger partial charge in [0.05, 0.1) is 16.3 Å². The van der Waals surface area contributed by atoms with Crippen molar-refractivity contribution in [3.05, 3.63) is 52.7 Å². The number of hydrogen-bond acceptors (Lipinski definition) is 6. The molecule has 0 spiro atoms. The number of aromatic nitrogens is 1. The quantitative estimate of drug-likeness (QED) is 0.611. The normalized spacial score (nSPS) is 12.3. The predicted octanol–water partition coefficient (Wildman–Crippen LogP) is 2.59. The summed E-state index contributed by atoms with van der Waals surface area (Å²) in [7, 11) is -3.75. The van der Waals surface area contributed by atoms with Gasteiger partial charge in [0.15, 0.2) is 6.10 Å². The molecule has 1 heterocycles. The Kier molecular flexibility index (Phi) is 7.72. The summed E-state index contributed by atoms with van der Waals surface area (Å²) in [5.41, 5.74) is 1.56. The Balaban J connectivity index is 1.82. The third-order valence-electron chi connectivity index (χ3n) is 3.90. The molecule has 0 saturated heterocycles. The molecule has 0 fully saturated rings. The lowest BCUT2D eigenvalue weighted by molar-refractivity contribution is -0.152. The Morgan fingerprint density at radius 2 is 1.93 bits per heavy atom. The van der Waals surface area contributed by atoms with E-state index in [9.17, 15) is 18.0 Å². The Morgan fingerprint density at radius 1 is 1.21 bits per heavy atom. The van der Waals surface area contributed by atoms with Crippen LogP contribution in [0.25, 0.3) is 0 Å². The van der Waals surface area contributed by atoms with Crippen LogP contribution in [0.3, 0.4) is 0 Å². The maximum Gasteiger partial charge on any atom is 0.307 e. The average molecular weight is 440 g/mol. The van der Waals surface area contributed by atoms with Crippen molar-refractivity contribution in [2.45, 2.75) is 38.2 Å². The molecule has 0 radical (unpaired) electrons.